The molecule has 0 aliphatic rings. The number of aliphatic carboxylic acids is 1. The van der Waals surface area contributed by atoms with E-state index in [1.165, 1.54) is 20.0 Å². The summed E-state index contributed by atoms with van der Waals surface area (Å²) in [4.78, 5) is 48.1. The van der Waals surface area contributed by atoms with Crippen molar-refractivity contribution in [3.05, 3.63) is 33.2 Å². The molecule has 1 amide bonds. The SMILES string of the molecule is CCC(Cc1c(C)c2cc(N(C)C(C)=O)c(O)c(C=O)c2oc1=O)C(=O)O. The van der Waals surface area contributed by atoms with Crippen LogP contribution in [0.4, 0.5) is 5.69 Å². The number of phenolic OH excluding ortho intramolecular Hbond substituents is 1. The number of hydrogen-bond acceptors (Lipinski definition) is 6. The lowest BCUT2D eigenvalue weighted by Gasteiger charge is -2.19. The van der Waals surface area contributed by atoms with Gasteiger partial charge in [0.1, 0.15) is 5.56 Å². The van der Waals surface area contributed by atoms with Crippen LogP contribution in [0, 0.1) is 12.8 Å². The molecule has 1 heterocycles. The fraction of sp³-hybridized carbons (Fsp3) is 0.368. The first-order valence-corrected chi connectivity index (χ1v) is 8.38. The minimum absolute atomic E-state index is 0.0227. The number of hydrogen-bond donors (Lipinski definition) is 2. The lowest BCUT2D eigenvalue weighted by atomic mass is 9.93. The fourth-order valence-electron chi connectivity index (χ4n) is 2.94. The molecule has 1 unspecified atom stereocenters. The second kappa shape index (κ2) is 7.61. The van der Waals surface area contributed by atoms with Crippen LogP contribution in [0.5, 0.6) is 5.75 Å². The maximum Gasteiger partial charge on any atom is 0.339 e. The smallest absolute Gasteiger partial charge is 0.339 e. The summed E-state index contributed by atoms with van der Waals surface area (Å²) in [6.07, 6.45) is 0.661. The zero-order chi connectivity index (χ0) is 20.5. The van der Waals surface area contributed by atoms with Gasteiger partial charge < -0.3 is 19.5 Å². The van der Waals surface area contributed by atoms with E-state index in [-0.39, 0.29) is 34.7 Å². The molecule has 0 spiro atoms. The molecule has 8 nitrogen and oxygen atoms in total. The Hall–Kier alpha value is -3.16. The number of nitrogens with zero attached hydrogens (tertiary/aromatic N) is 1. The van der Waals surface area contributed by atoms with Gasteiger partial charge in [-0.15, -0.1) is 0 Å². The molecule has 2 aromatic rings. The number of rotatable bonds is 6. The van der Waals surface area contributed by atoms with E-state index in [0.717, 1.165) is 4.90 Å². The first-order chi connectivity index (χ1) is 12.6. The van der Waals surface area contributed by atoms with Crippen LogP contribution in [0.15, 0.2) is 15.3 Å². The Balaban J connectivity index is 2.83. The number of carbonyl (C=O) groups excluding carboxylic acids is 2. The summed E-state index contributed by atoms with van der Waals surface area (Å²) >= 11 is 0. The van der Waals surface area contributed by atoms with Crippen molar-refractivity contribution in [2.45, 2.75) is 33.6 Å². The van der Waals surface area contributed by atoms with Crippen LogP contribution >= 0.6 is 0 Å². The van der Waals surface area contributed by atoms with Crippen molar-refractivity contribution in [3.63, 3.8) is 0 Å². The van der Waals surface area contributed by atoms with Gasteiger partial charge in [-0.3, -0.25) is 14.4 Å². The molecule has 0 aliphatic carbocycles. The average Bonchev–Trinajstić information content (AvgIpc) is 2.60. The summed E-state index contributed by atoms with van der Waals surface area (Å²) in [6, 6.07) is 1.45. The zero-order valence-electron chi connectivity index (χ0n) is 15.5. The number of phenols is 1. The Morgan fingerprint density at radius 1 is 1.37 bits per heavy atom. The lowest BCUT2D eigenvalue weighted by Crippen LogP contribution is -2.24. The number of carboxylic acids is 1. The molecule has 0 saturated heterocycles. The molecule has 0 fully saturated rings. The molecule has 8 heteroatoms. The number of carboxylic acid groups (broad SMARTS) is 1. The number of aryl methyl sites for hydroxylation is 1. The van der Waals surface area contributed by atoms with Crippen molar-refractivity contribution in [2.24, 2.45) is 5.92 Å². The van der Waals surface area contributed by atoms with E-state index < -0.39 is 23.3 Å². The number of fused-ring (bicyclic) bond motifs is 1. The normalized spacial score (nSPS) is 12.0. The van der Waals surface area contributed by atoms with Crippen LogP contribution < -0.4 is 10.5 Å². The van der Waals surface area contributed by atoms with Gasteiger partial charge in [-0.05, 0) is 31.4 Å². The maximum absolute atomic E-state index is 12.4. The quantitative estimate of drug-likeness (QED) is 0.586. The van der Waals surface area contributed by atoms with Gasteiger partial charge in [0, 0.05) is 24.9 Å². The Labute approximate surface area is 155 Å². The third kappa shape index (κ3) is 3.55. The number of carbonyl (C=O) groups is 3. The van der Waals surface area contributed by atoms with Gasteiger partial charge in [0.2, 0.25) is 5.91 Å². The summed E-state index contributed by atoms with van der Waals surface area (Å²) in [5.41, 5.74) is -0.372. The molecule has 1 aromatic carbocycles. The Morgan fingerprint density at radius 3 is 2.48 bits per heavy atom. The monoisotopic (exact) mass is 375 g/mol. The van der Waals surface area contributed by atoms with Gasteiger partial charge in [0.15, 0.2) is 17.6 Å². The van der Waals surface area contributed by atoms with Crippen LogP contribution in [0.2, 0.25) is 0 Å². The summed E-state index contributed by atoms with van der Waals surface area (Å²) in [5.74, 6) is -2.62. The molecule has 1 atom stereocenters. The largest absolute Gasteiger partial charge is 0.505 e. The fourth-order valence-corrected chi connectivity index (χ4v) is 2.94. The van der Waals surface area contributed by atoms with Crippen molar-refractivity contribution >= 4 is 34.8 Å². The van der Waals surface area contributed by atoms with Crippen molar-refractivity contribution < 1.29 is 29.0 Å². The molecule has 27 heavy (non-hydrogen) atoms. The van der Waals surface area contributed by atoms with E-state index in [2.05, 4.69) is 0 Å². The first kappa shape index (κ1) is 20.2. The maximum atomic E-state index is 12.4. The zero-order valence-corrected chi connectivity index (χ0v) is 15.5. The predicted molar refractivity (Wildman–Crippen MR) is 98.5 cm³/mol. The predicted octanol–water partition coefficient (Wildman–Crippen LogP) is 2.26. The van der Waals surface area contributed by atoms with Gasteiger partial charge in [-0.25, -0.2) is 4.79 Å². The van der Waals surface area contributed by atoms with Crippen molar-refractivity contribution in [3.8, 4) is 5.75 Å². The number of benzene rings is 1. The summed E-state index contributed by atoms with van der Waals surface area (Å²) in [5, 5.41) is 20.0. The highest BCUT2D eigenvalue weighted by atomic mass is 16.4. The highest BCUT2D eigenvalue weighted by Gasteiger charge is 2.25. The van der Waals surface area contributed by atoms with Crippen molar-refractivity contribution in [1.29, 1.82) is 0 Å². The topological polar surface area (TPSA) is 125 Å². The Morgan fingerprint density at radius 2 is 2.00 bits per heavy atom. The van der Waals surface area contributed by atoms with E-state index in [9.17, 15) is 29.4 Å². The molecular weight excluding hydrogens is 354 g/mol. The van der Waals surface area contributed by atoms with Crippen LogP contribution in [0.1, 0.15) is 41.8 Å². The number of aldehydes is 1. The van der Waals surface area contributed by atoms with E-state index in [0.29, 0.717) is 23.7 Å². The van der Waals surface area contributed by atoms with Gasteiger partial charge in [-0.2, -0.15) is 0 Å². The third-order valence-electron chi connectivity index (χ3n) is 4.81. The summed E-state index contributed by atoms with van der Waals surface area (Å²) in [7, 11) is 1.44. The molecule has 0 saturated carbocycles. The summed E-state index contributed by atoms with van der Waals surface area (Å²) in [6.45, 7) is 4.62. The molecule has 0 aliphatic heterocycles. The van der Waals surface area contributed by atoms with Gasteiger partial charge in [0.25, 0.3) is 0 Å². The van der Waals surface area contributed by atoms with Gasteiger partial charge in [-0.1, -0.05) is 6.92 Å². The molecule has 144 valence electrons. The molecular formula is C19H21NO7. The Kier molecular flexibility index (Phi) is 5.68. The van der Waals surface area contributed by atoms with Crippen molar-refractivity contribution in [2.75, 3.05) is 11.9 Å². The van der Waals surface area contributed by atoms with Crippen LogP contribution in [-0.2, 0) is 16.0 Å². The van der Waals surface area contributed by atoms with E-state index in [4.69, 9.17) is 4.42 Å². The number of anilines is 1. The van der Waals surface area contributed by atoms with Gasteiger partial charge >= 0.3 is 11.6 Å². The highest BCUT2D eigenvalue weighted by molar-refractivity contribution is 6.05. The van der Waals surface area contributed by atoms with Crippen LogP contribution in [0.25, 0.3) is 11.0 Å². The van der Waals surface area contributed by atoms with E-state index in [1.54, 1.807) is 13.8 Å². The second-order valence-electron chi connectivity index (χ2n) is 6.37. The van der Waals surface area contributed by atoms with Gasteiger partial charge in [0.05, 0.1) is 11.6 Å². The second-order valence-corrected chi connectivity index (χ2v) is 6.37. The molecule has 0 bridgehead atoms. The minimum atomic E-state index is -1.02. The van der Waals surface area contributed by atoms with E-state index >= 15 is 0 Å². The third-order valence-corrected chi connectivity index (χ3v) is 4.81. The number of amides is 1. The molecule has 1 aromatic heterocycles. The van der Waals surface area contributed by atoms with E-state index in [1.807, 2.05) is 0 Å². The molecule has 2 rings (SSSR count). The highest BCUT2D eigenvalue weighted by Crippen LogP contribution is 2.37. The lowest BCUT2D eigenvalue weighted by molar-refractivity contribution is -0.141. The summed E-state index contributed by atoms with van der Waals surface area (Å²) < 4.78 is 5.25. The van der Waals surface area contributed by atoms with Crippen LogP contribution in [-0.4, -0.2) is 35.4 Å². The molecule has 0 radical (unpaired) electrons. The number of aromatic hydroxyl groups is 1. The van der Waals surface area contributed by atoms with Crippen molar-refractivity contribution in [1.82, 2.24) is 0 Å². The Bertz CT molecular complexity index is 990. The molecule has 2 N–H and O–H groups in total. The van der Waals surface area contributed by atoms with Crippen LogP contribution in [0.3, 0.4) is 0 Å². The minimum Gasteiger partial charge on any atom is -0.505 e. The first-order valence-electron chi connectivity index (χ1n) is 8.38. The average molecular weight is 375 g/mol. The standard InChI is InChI=1S/C19H21NO7/c1-5-11(18(24)25)6-13-9(2)12-7-15(20(4)10(3)22)16(23)14(8-21)17(12)27-19(13)26/h7-8,11,23H,5-6H2,1-4H3,(H,24,25).